The van der Waals surface area contributed by atoms with Crippen LogP contribution >= 0.6 is 0 Å². The van der Waals surface area contributed by atoms with E-state index in [1.165, 1.54) is 7.11 Å². The van der Waals surface area contributed by atoms with E-state index >= 15 is 0 Å². The summed E-state index contributed by atoms with van der Waals surface area (Å²) >= 11 is 0. The van der Waals surface area contributed by atoms with E-state index in [9.17, 15) is 4.79 Å². The van der Waals surface area contributed by atoms with Crippen molar-refractivity contribution >= 4 is 5.97 Å². The first kappa shape index (κ1) is 11.5. The van der Waals surface area contributed by atoms with E-state index in [-0.39, 0.29) is 5.97 Å². The average molecular weight is 172 g/mol. The van der Waals surface area contributed by atoms with Crippen molar-refractivity contribution in [2.45, 2.75) is 34.1 Å². The second-order valence-electron chi connectivity index (χ2n) is 3.93. The molecule has 0 heterocycles. The fraction of sp³-hybridized carbons (Fsp3) is 0.900. The van der Waals surface area contributed by atoms with Gasteiger partial charge in [-0.2, -0.15) is 0 Å². The highest BCUT2D eigenvalue weighted by Gasteiger charge is 2.20. The zero-order chi connectivity index (χ0) is 9.72. The number of esters is 1. The van der Waals surface area contributed by atoms with Gasteiger partial charge in [0, 0.05) is 6.42 Å². The van der Waals surface area contributed by atoms with Gasteiger partial charge in [-0.15, -0.1) is 0 Å². The summed E-state index contributed by atoms with van der Waals surface area (Å²) in [4.78, 5) is 11.0. The highest BCUT2D eigenvalue weighted by atomic mass is 16.5. The molecule has 72 valence electrons. The number of methoxy groups -OCH3 is 1. The smallest absolute Gasteiger partial charge is 0.305 e. The molecule has 0 N–H and O–H groups in total. The molecular formula is C10H20O2. The lowest BCUT2D eigenvalue weighted by molar-refractivity contribution is -0.142. The lowest BCUT2D eigenvalue weighted by atomic mass is 9.83. The van der Waals surface area contributed by atoms with Gasteiger partial charge in [-0.3, -0.25) is 4.79 Å². The number of ether oxygens (including phenoxy) is 1. The van der Waals surface area contributed by atoms with E-state index in [0.717, 1.165) is 0 Å². The molecule has 0 aromatic rings. The quantitative estimate of drug-likeness (QED) is 0.609. The third kappa shape index (κ3) is 3.74. The number of hydrogen-bond acceptors (Lipinski definition) is 2. The minimum Gasteiger partial charge on any atom is -0.469 e. The zero-order valence-electron chi connectivity index (χ0n) is 8.76. The third-order valence-electron chi connectivity index (χ3n) is 2.34. The molecule has 2 heteroatoms. The first-order chi connectivity index (χ1) is 5.49. The van der Waals surface area contributed by atoms with Crippen LogP contribution in [0.5, 0.6) is 0 Å². The fourth-order valence-corrected chi connectivity index (χ4v) is 1.52. The van der Waals surface area contributed by atoms with Crippen molar-refractivity contribution in [2.75, 3.05) is 7.11 Å². The number of hydrogen-bond donors (Lipinski definition) is 0. The van der Waals surface area contributed by atoms with Crippen molar-refractivity contribution in [3.8, 4) is 0 Å². The molecule has 0 aliphatic carbocycles. The van der Waals surface area contributed by atoms with Gasteiger partial charge in [0.05, 0.1) is 7.11 Å². The Labute approximate surface area is 75.3 Å². The maximum Gasteiger partial charge on any atom is 0.305 e. The largest absolute Gasteiger partial charge is 0.469 e. The third-order valence-corrected chi connectivity index (χ3v) is 2.34. The zero-order valence-corrected chi connectivity index (χ0v) is 8.76. The van der Waals surface area contributed by atoms with Crippen LogP contribution in [0.1, 0.15) is 34.1 Å². The minimum absolute atomic E-state index is 0.0950. The maximum absolute atomic E-state index is 11.0. The van der Waals surface area contributed by atoms with Gasteiger partial charge in [-0.1, -0.05) is 27.7 Å². The SMILES string of the molecule is COC(=O)CC(C(C)C)C(C)C. The maximum atomic E-state index is 11.0. The summed E-state index contributed by atoms with van der Waals surface area (Å²) in [6.45, 7) is 8.59. The lowest BCUT2D eigenvalue weighted by Crippen LogP contribution is -2.20. The van der Waals surface area contributed by atoms with Crippen LogP contribution in [-0.2, 0) is 9.53 Å². The summed E-state index contributed by atoms with van der Waals surface area (Å²) < 4.78 is 4.64. The Kier molecular flexibility index (Phi) is 4.95. The van der Waals surface area contributed by atoms with Crippen LogP contribution in [0.25, 0.3) is 0 Å². The molecule has 0 bridgehead atoms. The van der Waals surface area contributed by atoms with Gasteiger partial charge in [0.15, 0.2) is 0 Å². The van der Waals surface area contributed by atoms with Gasteiger partial charge in [0.1, 0.15) is 0 Å². The van der Waals surface area contributed by atoms with Crippen molar-refractivity contribution < 1.29 is 9.53 Å². The van der Waals surface area contributed by atoms with Gasteiger partial charge in [0.2, 0.25) is 0 Å². The Hall–Kier alpha value is -0.530. The predicted octanol–water partition coefficient (Wildman–Crippen LogP) is 2.48. The summed E-state index contributed by atoms with van der Waals surface area (Å²) in [7, 11) is 1.44. The Morgan fingerprint density at radius 2 is 1.58 bits per heavy atom. The van der Waals surface area contributed by atoms with Gasteiger partial charge in [0.25, 0.3) is 0 Å². The van der Waals surface area contributed by atoms with E-state index < -0.39 is 0 Å². The van der Waals surface area contributed by atoms with E-state index in [2.05, 4.69) is 32.4 Å². The van der Waals surface area contributed by atoms with E-state index in [1.807, 2.05) is 0 Å². The van der Waals surface area contributed by atoms with E-state index in [4.69, 9.17) is 0 Å². The Morgan fingerprint density at radius 1 is 1.17 bits per heavy atom. The molecule has 0 atom stereocenters. The molecule has 0 radical (unpaired) electrons. The molecule has 0 spiro atoms. The predicted molar refractivity (Wildman–Crippen MR) is 49.8 cm³/mol. The van der Waals surface area contributed by atoms with Gasteiger partial charge >= 0.3 is 5.97 Å². The fourth-order valence-electron chi connectivity index (χ4n) is 1.52. The first-order valence-electron chi connectivity index (χ1n) is 4.55. The molecule has 0 rings (SSSR count). The average Bonchev–Trinajstić information content (AvgIpc) is 1.98. The van der Waals surface area contributed by atoms with E-state index in [0.29, 0.717) is 24.2 Å². The summed E-state index contributed by atoms with van der Waals surface area (Å²) in [5.41, 5.74) is 0. The van der Waals surface area contributed by atoms with Crippen molar-refractivity contribution in [3.05, 3.63) is 0 Å². The van der Waals surface area contributed by atoms with Crippen LogP contribution in [0.2, 0.25) is 0 Å². The number of carbonyl (C=O) groups is 1. The highest BCUT2D eigenvalue weighted by Crippen LogP contribution is 2.24. The van der Waals surface area contributed by atoms with Crippen molar-refractivity contribution in [1.82, 2.24) is 0 Å². The molecule has 0 aromatic heterocycles. The second kappa shape index (κ2) is 5.18. The Balaban J connectivity index is 4.05. The number of rotatable bonds is 4. The molecule has 2 nitrogen and oxygen atoms in total. The summed E-state index contributed by atoms with van der Waals surface area (Å²) in [5.74, 6) is 1.44. The summed E-state index contributed by atoms with van der Waals surface area (Å²) in [5, 5.41) is 0. The molecule has 0 aromatic carbocycles. The highest BCUT2D eigenvalue weighted by molar-refractivity contribution is 5.69. The van der Waals surface area contributed by atoms with Crippen molar-refractivity contribution in [3.63, 3.8) is 0 Å². The molecule has 0 aliphatic heterocycles. The lowest BCUT2D eigenvalue weighted by Gasteiger charge is -2.23. The molecule has 0 saturated carbocycles. The molecule has 0 amide bonds. The molecule has 0 unspecified atom stereocenters. The topological polar surface area (TPSA) is 26.3 Å². The molecule has 0 saturated heterocycles. The normalized spacial score (nSPS) is 11.3. The summed E-state index contributed by atoms with van der Waals surface area (Å²) in [6.07, 6.45) is 0.547. The molecular weight excluding hydrogens is 152 g/mol. The van der Waals surface area contributed by atoms with Crippen LogP contribution in [0.4, 0.5) is 0 Å². The van der Waals surface area contributed by atoms with Gasteiger partial charge < -0.3 is 4.74 Å². The van der Waals surface area contributed by atoms with E-state index in [1.54, 1.807) is 0 Å². The van der Waals surface area contributed by atoms with Crippen LogP contribution in [0.15, 0.2) is 0 Å². The van der Waals surface area contributed by atoms with Crippen molar-refractivity contribution in [2.24, 2.45) is 17.8 Å². The monoisotopic (exact) mass is 172 g/mol. The second-order valence-corrected chi connectivity index (χ2v) is 3.93. The van der Waals surface area contributed by atoms with Crippen molar-refractivity contribution in [1.29, 1.82) is 0 Å². The molecule has 0 fully saturated rings. The van der Waals surface area contributed by atoms with Crippen LogP contribution in [-0.4, -0.2) is 13.1 Å². The molecule has 0 aliphatic rings. The standard InChI is InChI=1S/C10H20O2/c1-7(2)9(8(3)4)6-10(11)12-5/h7-9H,6H2,1-5H3. The molecule has 12 heavy (non-hydrogen) atoms. The first-order valence-corrected chi connectivity index (χ1v) is 4.55. The van der Waals surface area contributed by atoms with Crippen LogP contribution in [0.3, 0.4) is 0 Å². The van der Waals surface area contributed by atoms with Gasteiger partial charge in [-0.05, 0) is 17.8 Å². The summed E-state index contributed by atoms with van der Waals surface area (Å²) in [6, 6.07) is 0. The van der Waals surface area contributed by atoms with Crippen LogP contribution < -0.4 is 0 Å². The minimum atomic E-state index is -0.0950. The Morgan fingerprint density at radius 3 is 1.83 bits per heavy atom. The van der Waals surface area contributed by atoms with Crippen LogP contribution in [0, 0.1) is 17.8 Å². The number of carbonyl (C=O) groups excluding carboxylic acids is 1. The Bertz CT molecular complexity index is 131. The van der Waals surface area contributed by atoms with Gasteiger partial charge in [-0.25, -0.2) is 0 Å².